The largest absolute Gasteiger partial charge is 0.486 e. The van der Waals surface area contributed by atoms with E-state index in [1.54, 1.807) is 18.3 Å². The van der Waals surface area contributed by atoms with E-state index in [9.17, 15) is 4.79 Å². The van der Waals surface area contributed by atoms with Crippen LogP contribution in [0.25, 0.3) is 11.4 Å². The van der Waals surface area contributed by atoms with E-state index in [-0.39, 0.29) is 12.3 Å². The normalized spacial score (nSPS) is 12.7. The molecule has 0 radical (unpaired) electrons. The van der Waals surface area contributed by atoms with Crippen molar-refractivity contribution in [2.75, 3.05) is 18.5 Å². The molecule has 1 N–H and O–H groups in total. The Morgan fingerprint density at radius 1 is 1.23 bits per heavy atom. The summed E-state index contributed by atoms with van der Waals surface area (Å²) in [5, 5.41) is 5.63. The third-order valence-corrected chi connectivity index (χ3v) is 4.74. The van der Waals surface area contributed by atoms with Crippen LogP contribution >= 0.6 is 22.9 Å². The maximum absolute atomic E-state index is 12.3. The highest BCUT2D eigenvalue weighted by Gasteiger charge is 2.18. The van der Waals surface area contributed by atoms with Crippen LogP contribution in [0.4, 0.5) is 5.13 Å². The number of aromatic nitrogens is 2. The molecule has 3 heterocycles. The summed E-state index contributed by atoms with van der Waals surface area (Å²) >= 11 is 7.56. The molecule has 0 saturated heterocycles. The van der Waals surface area contributed by atoms with E-state index in [1.165, 1.54) is 11.3 Å². The van der Waals surface area contributed by atoms with Crippen molar-refractivity contribution < 1.29 is 14.3 Å². The van der Waals surface area contributed by atoms with Crippen LogP contribution in [0.3, 0.4) is 0 Å². The van der Waals surface area contributed by atoms with Crippen LogP contribution in [0, 0.1) is 0 Å². The van der Waals surface area contributed by atoms with Crippen molar-refractivity contribution in [3.63, 3.8) is 0 Å². The third kappa shape index (κ3) is 3.63. The molecule has 0 aliphatic carbocycles. The number of hydrogen-bond donors (Lipinski definition) is 1. The Labute approximate surface area is 158 Å². The van der Waals surface area contributed by atoms with Gasteiger partial charge in [0.25, 0.3) is 0 Å². The molecular weight excluding hydrogens is 374 g/mol. The number of amides is 1. The monoisotopic (exact) mass is 387 g/mol. The molecule has 0 bridgehead atoms. The summed E-state index contributed by atoms with van der Waals surface area (Å²) in [4.78, 5) is 21.0. The molecule has 6 nitrogen and oxygen atoms in total. The second-order valence-corrected chi connectivity index (χ2v) is 6.84. The smallest absolute Gasteiger partial charge is 0.230 e. The van der Waals surface area contributed by atoms with Crippen LogP contribution in [-0.4, -0.2) is 29.1 Å². The second-order valence-electron chi connectivity index (χ2n) is 5.58. The van der Waals surface area contributed by atoms with Gasteiger partial charge in [0.15, 0.2) is 16.6 Å². The van der Waals surface area contributed by atoms with Crippen molar-refractivity contribution in [1.29, 1.82) is 0 Å². The Morgan fingerprint density at radius 2 is 2.12 bits per heavy atom. The predicted octanol–water partition coefficient (Wildman–Crippen LogP) is 3.81. The van der Waals surface area contributed by atoms with Gasteiger partial charge in [-0.3, -0.25) is 9.78 Å². The first-order valence-electron chi connectivity index (χ1n) is 7.94. The maximum atomic E-state index is 12.3. The van der Waals surface area contributed by atoms with E-state index < -0.39 is 0 Å². The van der Waals surface area contributed by atoms with Gasteiger partial charge in [0, 0.05) is 11.6 Å². The van der Waals surface area contributed by atoms with Crippen molar-refractivity contribution >= 4 is 34.0 Å². The second kappa shape index (κ2) is 7.31. The Kier molecular flexibility index (Phi) is 4.73. The van der Waals surface area contributed by atoms with Crippen LogP contribution in [0.2, 0.25) is 5.02 Å². The molecule has 0 atom stereocenters. The quantitative estimate of drug-likeness (QED) is 0.736. The number of anilines is 1. The molecule has 1 amide bonds. The number of carbonyl (C=O) groups excluding carboxylic acids is 1. The van der Waals surface area contributed by atoms with Crippen molar-refractivity contribution in [2.45, 2.75) is 6.42 Å². The number of nitrogens with one attached hydrogen (secondary N) is 1. The zero-order chi connectivity index (χ0) is 17.9. The summed E-state index contributed by atoms with van der Waals surface area (Å²) < 4.78 is 11.0. The van der Waals surface area contributed by atoms with E-state index in [2.05, 4.69) is 15.3 Å². The number of thiazole rings is 1. The van der Waals surface area contributed by atoms with E-state index in [1.807, 2.05) is 23.6 Å². The molecule has 26 heavy (non-hydrogen) atoms. The Bertz CT molecular complexity index is 946. The lowest BCUT2D eigenvalue weighted by molar-refractivity contribution is -0.115. The fraction of sp³-hybridized carbons (Fsp3) is 0.167. The minimum Gasteiger partial charge on any atom is -0.486 e. The summed E-state index contributed by atoms with van der Waals surface area (Å²) in [7, 11) is 0. The molecule has 4 rings (SSSR count). The standard InChI is InChI=1S/C18H14ClN3O3S/c19-12-7-11(8-15-17(12)25-6-5-24-15)9-16(23)22-18-21-14(10-26-18)13-3-1-2-4-20-13/h1-4,7-8,10H,5-6,9H2,(H,21,22,23). The molecule has 0 saturated carbocycles. The zero-order valence-corrected chi connectivity index (χ0v) is 15.1. The van der Waals surface area contributed by atoms with Gasteiger partial charge < -0.3 is 14.8 Å². The number of carbonyl (C=O) groups is 1. The zero-order valence-electron chi connectivity index (χ0n) is 13.6. The molecule has 1 aromatic carbocycles. The molecule has 8 heteroatoms. The van der Waals surface area contributed by atoms with Crippen molar-refractivity contribution in [1.82, 2.24) is 9.97 Å². The fourth-order valence-electron chi connectivity index (χ4n) is 2.58. The average Bonchev–Trinajstić information content (AvgIpc) is 3.11. The van der Waals surface area contributed by atoms with Crippen LogP contribution < -0.4 is 14.8 Å². The van der Waals surface area contributed by atoms with Gasteiger partial charge in [-0.15, -0.1) is 11.3 Å². The summed E-state index contributed by atoms with van der Waals surface area (Å²) in [5.74, 6) is 0.917. The highest BCUT2D eigenvalue weighted by Crippen LogP contribution is 2.38. The predicted molar refractivity (Wildman–Crippen MR) is 100 cm³/mol. The minimum atomic E-state index is -0.181. The molecule has 0 spiro atoms. The van der Waals surface area contributed by atoms with Gasteiger partial charge in [-0.1, -0.05) is 17.7 Å². The molecule has 132 valence electrons. The van der Waals surface area contributed by atoms with Crippen LogP contribution in [0.1, 0.15) is 5.56 Å². The van der Waals surface area contributed by atoms with Gasteiger partial charge in [-0.2, -0.15) is 0 Å². The van der Waals surface area contributed by atoms with E-state index in [4.69, 9.17) is 21.1 Å². The molecule has 2 aromatic heterocycles. The Morgan fingerprint density at radius 3 is 2.96 bits per heavy atom. The van der Waals surface area contributed by atoms with E-state index in [0.717, 1.165) is 17.0 Å². The fourth-order valence-corrected chi connectivity index (χ4v) is 3.59. The Hall–Kier alpha value is -2.64. The number of nitrogens with zero attached hydrogens (tertiary/aromatic N) is 2. The lowest BCUT2D eigenvalue weighted by Gasteiger charge is -2.20. The highest BCUT2D eigenvalue weighted by molar-refractivity contribution is 7.14. The summed E-state index contributed by atoms with van der Waals surface area (Å²) in [6, 6.07) is 9.11. The average molecular weight is 388 g/mol. The van der Waals surface area contributed by atoms with Crippen LogP contribution in [0.5, 0.6) is 11.5 Å². The molecule has 1 aliphatic rings. The van der Waals surface area contributed by atoms with Crippen molar-refractivity contribution in [3.8, 4) is 22.9 Å². The van der Waals surface area contributed by atoms with Crippen LogP contribution in [0.15, 0.2) is 41.9 Å². The van der Waals surface area contributed by atoms with Crippen LogP contribution in [-0.2, 0) is 11.2 Å². The highest BCUT2D eigenvalue weighted by atomic mass is 35.5. The van der Waals surface area contributed by atoms with Crippen molar-refractivity contribution in [3.05, 3.63) is 52.5 Å². The maximum Gasteiger partial charge on any atom is 0.230 e. The van der Waals surface area contributed by atoms with Gasteiger partial charge in [0.05, 0.1) is 17.1 Å². The Balaban J connectivity index is 1.45. The van der Waals surface area contributed by atoms with E-state index >= 15 is 0 Å². The molecular formula is C18H14ClN3O3S. The summed E-state index contributed by atoms with van der Waals surface area (Å²) in [5.41, 5.74) is 2.24. The first kappa shape index (κ1) is 16.8. The number of hydrogen-bond acceptors (Lipinski definition) is 6. The number of benzene rings is 1. The molecule has 1 aliphatic heterocycles. The van der Waals surface area contributed by atoms with Gasteiger partial charge in [0.1, 0.15) is 18.9 Å². The van der Waals surface area contributed by atoms with Gasteiger partial charge in [-0.25, -0.2) is 4.98 Å². The lowest BCUT2D eigenvalue weighted by atomic mass is 10.1. The van der Waals surface area contributed by atoms with Crippen molar-refractivity contribution in [2.24, 2.45) is 0 Å². The van der Waals surface area contributed by atoms with Gasteiger partial charge >= 0.3 is 0 Å². The number of rotatable bonds is 4. The molecule has 0 fully saturated rings. The lowest BCUT2D eigenvalue weighted by Crippen LogP contribution is -2.17. The van der Waals surface area contributed by atoms with E-state index in [0.29, 0.717) is 34.9 Å². The number of ether oxygens (including phenoxy) is 2. The topological polar surface area (TPSA) is 73.3 Å². The third-order valence-electron chi connectivity index (χ3n) is 3.70. The number of halogens is 1. The summed E-state index contributed by atoms with van der Waals surface area (Å²) in [6.07, 6.45) is 1.87. The number of pyridine rings is 1. The SMILES string of the molecule is O=C(Cc1cc(Cl)c2c(c1)OCCO2)Nc1nc(-c2ccccn2)cs1. The summed E-state index contributed by atoms with van der Waals surface area (Å²) in [6.45, 7) is 0.934. The molecule has 0 unspecified atom stereocenters. The first-order valence-corrected chi connectivity index (χ1v) is 9.19. The molecule has 3 aromatic rings. The minimum absolute atomic E-state index is 0.162. The van der Waals surface area contributed by atoms with Gasteiger partial charge in [0.2, 0.25) is 5.91 Å². The van der Waals surface area contributed by atoms with Gasteiger partial charge in [-0.05, 0) is 29.8 Å². The first-order chi connectivity index (χ1) is 12.7. The number of fused-ring (bicyclic) bond motifs is 1.